The molecule has 1 aliphatic rings. The molecule has 1 saturated heterocycles. The van der Waals surface area contributed by atoms with Crippen molar-refractivity contribution in [1.29, 1.82) is 0 Å². The molecule has 4 rings (SSSR count). The summed E-state index contributed by atoms with van der Waals surface area (Å²) in [6.07, 6.45) is -3.22. The third kappa shape index (κ3) is 7.74. The fourth-order valence-corrected chi connectivity index (χ4v) is 6.06. The van der Waals surface area contributed by atoms with Gasteiger partial charge in [0.1, 0.15) is 24.7 Å². The van der Waals surface area contributed by atoms with E-state index in [1.165, 1.54) is 25.3 Å². The van der Waals surface area contributed by atoms with Crippen molar-refractivity contribution >= 4 is 78.1 Å². The minimum Gasteiger partial charge on any atom is -0.495 e. The first-order valence-electron chi connectivity index (χ1n) is 11.9. The smallest absolute Gasteiger partial charge is 0.416 e. The lowest BCUT2D eigenvalue weighted by atomic mass is 10.1. The van der Waals surface area contributed by atoms with Gasteiger partial charge in [-0.25, -0.2) is 0 Å². The number of amides is 3. The average molecular weight is 745 g/mol. The number of thioether (sulfide) groups is 1. The van der Waals surface area contributed by atoms with Gasteiger partial charge in [-0.3, -0.25) is 29.4 Å². The first-order valence-corrected chi connectivity index (χ1v) is 14.3. The summed E-state index contributed by atoms with van der Waals surface area (Å²) in [5, 5.41) is 12.4. The molecule has 10 nitrogen and oxygen atoms in total. The Bertz CT molecular complexity index is 1630. The Morgan fingerprint density at radius 3 is 2.33 bits per heavy atom. The van der Waals surface area contributed by atoms with Crippen LogP contribution >= 0.6 is 43.6 Å². The largest absolute Gasteiger partial charge is 0.495 e. The van der Waals surface area contributed by atoms with E-state index < -0.39 is 40.3 Å². The van der Waals surface area contributed by atoms with Crippen LogP contribution in [0.1, 0.15) is 16.7 Å². The molecule has 0 aromatic heterocycles. The number of nitrogens with zero attached hydrogens (tertiary/aromatic N) is 2. The quantitative estimate of drug-likeness (QED) is 0.136. The van der Waals surface area contributed by atoms with Crippen LogP contribution in [-0.2, 0) is 22.4 Å². The van der Waals surface area contributed by atoms with E-state index in [1.54, 1.807) is 24.3 Å². The predicted octanol–water partition coefficient (Wildman–Crippen LogP) is 7.40. The molecule has 224 valence electrons. The number of benzene rings is 3. The van der Waals surface area contributed by atoms with Crippen LogP contribution in [0.25, 0.3) is 6.08 Å². The highest BCUT2D eigenvalue weighted by Crippen LogP contribution is 2.39. The molecule has 0 bridgehead atoms. The number of nitro groups is 1. The maximum Gasteiger partial charge on any atom is 0.416 e. The third-order valence-electron chi connectivity index (χ3n) is 5.82. The summed E-state index contributed by atoms with van der Waals surface area (Å²) < 4.78 is 51.2. The SMILES string of the molecule is COc1ccc(C(F)(F)F)cc1NC(=O)CN1C(=O)S/C(=C\c2cc(Br)c(OCc3ccc([N+](=O)[O-])cc3)c(Br)c2)C1=O. The molecule has 3 aromatic rings. The summed E-state index contributed by atoms with van der Waals surface area (Å²) in [4.78, 5) is 49.1. The molecule has 16 heteroatoms. The molecule has 0 aliphatic carbocycles. The molecule has 0 unspecified atom stereocenters. The Morgan fingerprint density at radius 1 is 1.09 bits per heavy atom. The van der Waals surface area contributed by atoms with E-state index in [0.717, 1.165) is 12.1 Å². The van der Waals surface area contributed by atoms with Gasteiger partial charge in [0.25, 0.3) is 16.8 Å². The van der Waals surface area contributed by atoms with E-state index in [-0.39, 0.29) is 28.6 Å². The van der Waals surface area contributed by atoms with Gasteiger partial charge in [-0.15, -0.1) is 0 Å². The second-order valence-electron chi connectivity index (χ2n) is 8.75. The maximum absolute atomic E-state index is 13.1. The van der Waals surface area contributed by atoms with Crippen LogP contribution in [0.2, 0.25) is 0 Å². The summed E-state index contributed by atoms with van der Waals surface area (Å²) in [7, 11) is 1.22. The van der Waals surface area contributed by atoms with Crippen LogP contribution in [-0.4, -0.2) is 40.5 Å². The maximum atomic E-state index is 13.1. The molecule has 0 radical (unpaired) electrons. The monoisotopic (exact) mass is 743 g/mol. The van der Waals surface area contributed by atoms with Gasteiger partial charge in [-0.05, 0) is 103 Å². The highest BCUT2D eigenvalue weighted by molar-refractivity contribution is 9.11. The van der Waals surface area contributed by atoms with Gasteiger partial charge in [0.2, 0.25) is 5.91 Å². The lowest BCUT2D eigenvalue weighted by Gasteiger charge is -2.16. The predicted molar refractivity (Wildman–Crippen MR) is 159 cm³/mol. The number of anilines is 1. The number of carbonyl (C=O) groups is 3. The van der Waals surface area contributed by atoms with Gasteiger partial charge in [0.15, 0.2) is 0 Å². The normalized spacial score (nSPS) is 14.3. The number of hydrogen-bond acceptors (Lipinski definition) is 8. The molecule has 0 spiro atoms. The van der Waals surface area contributed by atoms with Crippen molar-refractivity contribution < 1.29 is 42.0 Å². The molecule has 43 heavy (non-hydrogen) atoms. The third-order valence-corrected chi connectivity index (χ3v) is 7.91. The van der Waals surface area contributed by atoms with Crippen molar-refractivity contribution in [2.24, 2.45) is 0 Å². The average Bonchev–Trinajstić information content (AvgIpc) is 3.19. The molecular weight excluding hydrogens is 727 g/mol. The molecule has 0 saturated carbocycles. The number of alkyl halides is 3. The number of carbonyl (C=O) groups excluding carboxylic acids is 3. The number of ether oxygens (including phenoxy) is 2. The van der Waals surface area contributed by atoms with Crippen LogP contribution in [0.3, 0.4) is 0 Å². The van der Waals surface area contributed by atoms with Crippen molar-refractivity contribution in [3.8, 4) is 11.5 Å². The Hall–Kier alpha value is -3.89. The molecule has 1 aliphatic heterocycles. The van der Waals surface area contributed by atoms with Gasteiger partial charge < -0.3 is 14.8 Å². The van der Waals surface area contributed by atoms with Crippen LogP contribution in [0.4, 0.5) is 29.3 Å². The Balaban J connectivity index is 1.44. The summed E-state index contributed by atoms with van der Waals surface area (Å²) in [5.74, 6) is -1.27. The number of nitro benzene ring substituents is 1. The molecular formula is C27H18Br2F3N3O7S. The number of rotatable bonds is 9. The van der Waals surface area contributed by atoms with Crippen molar-refractivity contribution in [2.75, 3.05) is 19.0 Å². The van der Waals surface area contributed by atoms with Crippen molar-refractivity contribution in [2.45, 2.75) is 12.8 Å². The zero-order chi connectivity index (χ0) is 31.5. The number of methoxy groups -OCH3 is 1. The number of hydrogen-bond donors (Lipinski definition) is 1. The number of imide groups is 1. The van der Waals surface area contributed by atoms with E-state index in [4.69, 9.17) is 9.47 Å². The lowest BCUT2D eigenvalue weighted by molar-refractivity contribution is -0.384. The van der Waals surface area contributed by atoms with E-state index in [0.29, 0.717) is 48.6 Å². The van der Waals surface area contributed by atoms with E-state index in [9.17, 15) is 37.7 Å². The molecule has 3 amide bonds. The standard InChI is InChI=1S/C27H18Br2F3N3O7S/c1-41-21-7-4-16(27(30,31)32)11-20(21)33-23(36)12-34-25(37)22(43-26(34)38)10-15-8-18(28)24(19(29)9-15)42-13-14-2-5-17(6-3-14)35(39)40/h2-11H,12-13H2,1H3,(H,33,36)/b22-10-. The van der Waals surface area contributed by atoms with Crippen molar-refractivity contribution in [3.05, 3.63) is 95.3 Å². The van der Waals surface area contributed by atoms with Crippen molar-refractivity contribution in [3.63, 3.8) is 0 Å². The first-order chi connectivity index (χ1) is 20.3. The minimum atomic E-state index is -4.66. The van der Waals surface area contributed by atoms with E-state index >= 15 is 0 Å². The molecule has 0 atom stereocenters. The Labute approximate surface area is 262 Å². The van der Waals surface area contributed by atoms with Crippen LogP contribution in [0.5, 0.6) is 11.5 Å². The summed E-state index contributed by atoms with van der Waals surface area (Å²) in [6, 6.07) is 11.7. The van der Waals surface area contributed by atoms with E-state index in [1.807, 2.05) is 0 Å². The van der Waals surface area contributed by atoms with Crippen LogP contribution < -0.4 is 14.8 Å². The second-order valence-corrected chi connectivity index (χ2v) is 11.5. The fraction of sp³-hybridized carbons (Fsp3) is 0.148. The summed E-state index contributed by atoms with van der Waals surface area (Å²) >= 11 is 7.42. The second kappa shape index (κ2) is 13.2. The lowest BCUT2D eigenvalue weighted by Crippen LogP contribution is -2.36. The van der Waals surface area contributed by atoms with E-state index in [2.05, 4.69) is 37.2 Å². The van der Waals surface area contributed by atoms with Gasteiger partial charge in [0.05, 0.1) is 37.1 Å². The fourth-order valence-electron chi connectivity index (χ4n) is 3.77. The minimum absolute atomic E-state index is 0.0211. The molecule has 1 heterocycles. The molecule has 1 N–H and O–H groups in total. The van der Waals surface area contributed by atoms with Gasteiger partial charge in [-0.2, -0.15) is 13.2 Å². The highest BCUT2D eigenvalue weighted by Gasteiger charge is 2.37. The van der Waals surface area contributed by atoms with Crippen molar-refractivity contribution in [1.82, 2.24) is 4.90 Å². The zero-order valence-corrected chi connectivity index (χ0v) is 25.7. The van der Waals surface area contributed by atoms with Gasteiger partial charge >= 0.3 is 6.18 Å². The molecule has 1 fully saturated rings. The zero-order valence-electron chi connectivity index (χ0n) is 21.7. The Kier molecular flexibility index (Phi) is 9.82. The number of non-ortho nitro benzene ring substituents is 1. The highest BCUT2D eigenvalue weighted by atomic mass is 79.9. The molecule has 3 aromatic carbocycles. The van der Waals surface area contributed by atoms with Gasteiger partial charge in [0, 0.05) is 12.1 Å². The Morgan fingerprint density at radius 2 is 1.74 bits per heavy atom. The topological polar surface area (TPSA) is 128 Å². The number of nitrogens with one attached hydrogen (secondary N) is 1. The van der Waals surface area contributed by atoms with Crippen LogP contribution in [0.15, 0.2) is 68.4 Å². The van der Waals surface area contributed by atoms with Gasteiger partial charge in [-0.1, -0.05) is 0 Å². The first kappa shape index (κ1) is 32.0. The number of halogens is 5. The van der Waals surface area contributed by atoms with Crippen LogP contribution in [0, 0.1) is 10.1 Å². The summed E-state index contributed by atoms with van der Waals surface area (Å²) in [6.45, 7) is -0.619. The summed E-state index contributed by atoms with van der Waals surface area (Å²) in [5.41, 5.74) is -0.132.